The van der Waals surface area contributed by atoms with Gasteiger partial charge in [0.15, 0.2) is 0 Å². The van der Waals surface area contributed by atoms with E-state index in [1.54, 1.807) is 0 Å². The molecular weight excluding hydrogens is 224 g/mol. The first-order valence-electron chi connectivity index (χ1n) is 7.82. The van der Waals surface area contributed by atoms with Gasteiger partial charge in [-0.2, -0.15) is 0 Å². The van der Waals surface area contributed by atoms with Crippen LogP contribution in [0.1, 0.15) is 71.6 Å². The number of methoxy groups -OCH3 is 1. The normalized spacial score (nSPS) is 31.5. The Hall–Kier alpha value is -0.0800. The standard InChI is InChI=1S/C16H30O2/c1-16(2,17-3)13-9-11-15(12-10-13)18-14-7-5-4-6-8-14/h13-15H,4-12H2,1-3H3. The maximum atomic E-state index is 6.29. The molecule has 0 aromatic heterocycles. The van der Waals surface area contributed by atoms with Crippen LogP contribution in [0.15, 0.2) is 0 Å². The van der Waals surface area contributed by atoms with Crippen molar-refractivity contribution in [3.05, 3.63) is 0 Å². The Balaban J connectivity index is 1.73. The molecular formula is C16H30O2. The molecule has 0 N–H and O–H groups in total. The summed E-state index contributed by atoms with van der Waals surface area (Å²) in [7, 11) is 1.84. The molecule has 0 radical (unpaired) electrons. The van der Waals surface area contributed by atoms with Crippen LogP contribution in [0.5, 0.6) is 0 Å². The quantitative estimate of drug-likeness (QED) is 0.744. The van der Waals surface area contributed by atoms with E-state index in [2.05, 4.69) is 13.8 Å². The van der Waals surface area contributed by atoms with E-state index in [0.29, 0.717) is 18.1 Å². The second-order valence-corrected chi connectivity index (χ2v) is 6.68. The molecule has 106 valence electrons. The highest BCUT2D eigenvalue weighted by Gasteiger charge is 2.34. The van der Waals surface area contributed by atoms with Crippen molar-refractivity contribution in [2.75, 3.05) is 7.11 Å². The maximum Gasteiger partial charge on any atom is 0.0650 e. The second-order valence-electron chi connectivity index (χ2n) is 6.68. The third-order valence-corrected chi connectivity index (χ3v) is 5.12. The highest BCUT2D eigenvalue weighted by molar-refractivity contribution is 4.85. The van der Waals surface area contributed by atoms with Crippen molar-refractivity contribution < 1.29 is 9.47 Å². The van der Waals surface area contributed by atoms with Gasteiger partial charge in [0.2, 0.25) is 0 Å². The third-order valence-electron chi connectivity index (χ3n) is 5.12. The first-order chi connectivity index (χ1) is 8.62. The molecule has 0 spiro atoms. The molecule has 18 heavy (non-hydrogen) atoms. The summed E-state index contributed by atoms with van der Waals surface area (Å²) in [6, 6.07) is 0. The lowest BCUT2D eigenvalue weighted by Crippen LogP contribution is -2.38. The molecule has 2 aliphatic rings. The van der Waals surface area contributed by atoms with Gasteiger partial charge in [-0.05, 0) is 58.3 Å². The highest BCUT2D eigenvalue weighted by atomic mass is 16.5. The monoisotopic (exact) mass is 254 g/mol. The molecule has 2 rings (SSSR count). The molecule has 0 saturated heterocycles. The molecule has 2 aliphatic carbocycles. The zero-order chi connectivity index (χ0) is 13.0. The minimum Gasteiger partial charge on any atom is -0.379 e. The molecule has 0 aromatic rings. The van der Waals surface area contributed by atoms with Gasteiger partial charge in [0.1, 0.15) is 0 Å². The van der Waals surface area contributed by atoms with Crippen LogP contribution in [0.3, 0.4) is 0 Å². The predicted molar refractivity (Wildman–Crippen MR) is 74.8 cm³/mol. The molecule has 0 amide bonds. The van der Waals surface area contributed by atoms with Crippen molar-refractivity contribution in [2.45, 2.75) is 89.4 Å². The summed E-state index contributed by atoms with van der Waals surface area (Å²) in [4.78, 5) is 0. The van der Waals surface area contributed by atoms with Crippen molar-refractivity contribution in [2.24, 2.45) is 5.92 Å². The first-order valence-corrected chi connectivity index (χ1v) is 7.82. The van der Waals surface area contributed by atoms with Crippen molar-refractivity contribution in [1.82, 2.24) is 0 Å². The number of hydrogen-bond donors (Lipinski definition) is 0. The molecule has 0 atom stereocenters. The lowest BCUT2D eigenvalue weighted by atomic mass is 9.77. The number of ether oxygens (including phenoxy) is 2. The van der Waals surface area contributed by atoms with Crippen molar-refractivity contribution in [3.63, 3.8) is 0 Å². The van der Waals surface area contributed by atoms with Crippen LogP contribution in [0.2, 0.25) is 0 Å². The molecule has 0 aromatic carbocycles. The van der Waals surface area contributed by atoms with E-state index in [0.717, 1.165) is 0 Å². The molecule has 2 nitrogen and oxygen atoms in total. The van der Waals surface area contributed by atoms with Gasteiger partial charge >= 0.3 is 0 Å². The molecule has 0 unspecified atom stereocenters. The lowest BCUT2D eigenvalue weighted by molar-refractivity contribution is -0.0844. The molecule has 2 fully saturated rings. The third kappa shape index (κ3) is 3.71. The fourth-order valence-electron chi connectivity index (χ4n) is 3.53. The van der Waals surface area contributed by atoms with Crippen molar-refractivity contribution in [3.8, 4) is 0 Å². The van der Waals surface area contributed by atoms with Gasteiger partial charge in [0.25, 0.3) is 0 Å². The van der Waals surface area contributed by atoms with Crippen molar-refractivity contribution >= 4 is 0 Å². The summed E-state index contributed by atoms with van der Waals surface area (Å²) in [5.74, 6) is 0.703. The Morgan fingerprint density at radius 1 is 0.778 bits per heavy atom. The molecule has 0 bridgehead atoms. The largest absolute Gasteiger partial charge is 0.379 e. The smallest absolute Gasteiger partial charge is 0.0650 e. The summed E-state index contributed by atoms with van der Waals surface area (Å²) in [6.07, 6.45) is 12.8. The van der Waals surface area contributed by atoms with E-state index < -0.39 is 0 Å². The number of hydrogen-bond acceptors (Lipinski definition) is 2. The fraction of sp³-hybridized carbons (Fsp3) is 1.00. The highest BCUT2D eigenvalue weighted by Crippen LogP contribution is 2.36. The van der Waals surface area contributed by atoms with Crippen LogP contribution >= 0.6 is 0 Å². The van der Waals surface area contributed by atoms with Gasteiger partial charge in [-0.15, -0.1) is 0 Å². The summed E-state index contributed by atoms with van der Waals surface area (Å²) in [5, 5.41) is 0. The van der Waals surface area contributed by atoms with Crippen LogP contribution in [-0.2, 0) is 9.47 Å². The van der Waals surface area contributed by atoms with E-state index in [4.69, 9.17) is 9.47 Å². The van der Waals surface area contributed by atoms with Crippen LogP contribution in [0.4, 0.5) is 0 Å². The molecule has 0 heterocycles. The first kappa shape index (κ1) is 14.3. The van der Waals surface area contributed by atoms with E-state index in [1.807, 2.05) is 7.11 Å². The van der Waals surface area contributed by atoms with E-state index in [-0.39, 0.29) is 5.60 Å². The zero-order valence-electron chi connectivity index (χ0n) is 12.4. The Morgan fingerprint density at radius 3 is 1.89 bits per heavy atom. The van der Waals surface area contributed by atoms with Gasteiger partial charge in [-0.25, -0.2) is 0 Å². The SMILES string of the molecule is COC(C)(C)C1CCC(OC2CCCCC2)CC1. The van der Waals surface area contributed by atoms with Gasteiger partial charge < -0.3 is 9.47 Å². The Kier molecular flexibility index (Phi) is 5.08. The molecule has 0 aliphatic heterocycles. The molecule has 2 heteroatoms. The van der Waals surface area contributed by atoms with Crippen LogP contribution in [-0.4, -0.2) is 24.9 Å². The summed E-state index contributed by atoms with van der Waals surface area (Å²) < 4.78 is 11.9. The van der Waals surface area contributed by atoms with Gasteiger partial charge in [-0.1, -0.05) is 19.3 Å². The van der Waals surface area contributed by atoms with E-state index in [9.17, 15) is 0 Å². The minimum atomic E-state index is 0.0375. The summed E-state index contributed by atoms with van der Waals surface area (Å²) >= 11 is 0. The number of rotatable bonds is 4. The van der Waals surface area contributed by atoms with Crippen LogP contribution in [0.25, 0.3) is 0 Å². The van der Waals surface area contributed by atoms with Crippen molar-refractivity contribution in [1.29, 1.82) is 0 Å². The predicted octanol–water partition coefficient (Wildman–Crippen LogP) is 4.32. The Bertz CT molecular complexity index is 235. The second kappa shape index (κ2) is 6.38. The maximum absolute atomic E-state index is 6.29. The average Bonchev–Trinajstić information content (AvgIpc) is 2.40. The lowest BCUT2D eigenvalue weighted by Gasteiger charge is -2.39. The van der Waals surface area contributed by atoms with E-state index in [1.165, 1.54) is 57.8 Å². The zero-order valence-corrected chi connectivity index (χ0v) is 12.4. The van der Waals surface area contributed by atoms with Crippen LogP contribution < -0.4 is 0 Å². The summed E-state index contributed by atoms with van der Waals surface area (Å²) in [5.41, 5.74) is 0.0375. The fourth-order valence-corrected chi connectivity index (χ4v) is 3.53. The average molecular weight is 254 g/mol. The summed E-state index contributed by atoms with van der Waals surface area (Å²) in [6.45, 7) is 4.44. The Labute approximate surface area is 112 Å². The topological polar surface area (TPSA) is 18.5 Å². The van der Waals surface area contributed by atoms with Crippen LogP contribution in [0, 0.1) is 5.92 Å². The minimum absolute atomic E-state index is 0.0375. The Morgan fingerprint density at radius 2 is 1.33 bits per heavy atom. The van der Waals surface area contributed by atoms with Gasteiger partial charge in [-0.3, -0.25) is 0 Å². The van der Waals surface area contributed by atoms with Gasteiger partial charge in [0.05, 0.1) is 17.8 Å². The van der Waals surface area contributed by atoms with E-state index >= 15 is 0 Å². The van der Waals surface area contributed by atoms with Gasteiger partial charge in [0, 0.05) is 7.11 Å². The molecule has 2 saturated carbocycles.